The van der Waals surface area contributed by atoms with Gasteiger partial charge in [-0.1, -0.05) is 24.3 Å². The number of nitrogens with one attached hydrogen (secondary N) is 1. The summed E-state index contributed by atoms with van der Waals surface area (Å²) in [6.07, 6.45) is -3.16. The van der Waals surface area contributed by atoms with E-state index in [0.717, 1.165) is 17.6 Å². The molecule has 1 aromatic carbocycles. The van der Waals surface area contributed by atoms with Crippen LogP contribution in [0.5, 0.6) is 0 Å². The highest BCUT2D eigenvalue weighted by molar-refractivity contribution is 7.98. The molecule has 1 atom stereocenters. The summed E-state index contributed by atoms with van der Waals surface area (Å²) in [7, 11) is 0. The highest BCUT2D eigenvalue weighted by Gasteiger charge is 2.32. The van der Waals surface area contributed by atoms with Crippen molar-refractivity contribution in [2.24, 2.45) is 0 Å². The van der Waals surface area contributed by atoms with Crippen molar-refractivity contribution in [1.82, 2.24) is 4.98 Å². The second kappa shape index (κ2) is 5.60. The van der Waals surface area contributed by atoms with Gasteiger partial charge in [0.15, 0.2) is 0 Å². The molecular formula is C15H13F3N2S. The second-order valence-corrected chi connectivity index (χ2v) is 5.87. The molecule has 0 saturated heterocycles. The van der Waals surface area contributed by atoms with E-state index in [1.165, 1.54) is 23.4 Å². The molecule has 0 saturated carbocycles. The van der Waals surface area contributed by atoms with Gasteiger partial charge >= 0.3 is 6.18 Å². The highest BCUT2D eigenvalue weighted by atomic mass is 32.2. The van der Waals surface area contributed by atoms with E-state index in [1.807, 2.05) is 23.9 Å². The quantitative estimate of drug-likeness (QED) is 0.884. The first-order valence-corrected chi connectivity index (χ1v) is 7.65. The van der Waals surface area contributed by atoms with Gasteiger partial charge in [0.1, 0.15) is 5.69 Å². The van der Waals surface area contributed by atoms with Gasteiger partial charge in [-0.15, -0.1) is 0 Å². The molecule has 2 aromatic rings. The molecule has 0 radical (unpaired) electrons. The lowest BCUT2D eigenvalue weighted by atomic mass is 10.0. The molecule has 0 spiro atoms. The molecule has 0 fully saturated rings. The van der Waals surface area contributed by atoms with Gasteiger partial charge in [-0.2, -0.15) is 24.9 Å². The molecule has 1 N–H and O–H groups in total. The van der Waals surface area contributed by atoms with Crippen molar-refractivity contribution in [2.45, 2.75) is 18.0 Å². The monoisotopic (exact) mass is 310 g/mol. The Morgan fingerprint density at radius 2 is 1.95 bits per heavy atom. The predicted molar refractivity (Wildman–Crippen MR) is 78.2 cm³/mol. The number of aromatic nitrogens is 1. The van der Waals surface area contributed by atoms with E-state index in [4.69, 9.17) is 0 Å². The van der Waals surface area contributed by atoms with Crippen LogP contribution in [0.2, 0.25) is 0 Å². The Kier molecular flexibility index (Phi) is 3.80. The first-order chi connectivity index (χ1) is 10.0. The topological polar surface area (TPSA) is 24.9 Å². The summed E-state index contributed by atoms with van der Waals surface area (Å²) in [5.74, 6) is 1.86. The molecule has 6 heteroatoms. The SMILES string of the molecule is FC(F)(F)c1ccc(NC2CSCc3ccccc32)cn1. The number of nitrogens with zero attached hydrogens (tertiary/aromatic N) is 1. The number of fused-ring (bicyclic) bond motifs is 1. The van der Waals surface area contributed by atoms with E-state index in [-0.39, 0.29) is 6.04 Å². The Bertz CT molecular complexity index is 626. The first kappa shape index (κ1) is 14.3. The van der Waals surface area contributed by atoms with Crippen LogP contribution in [0, 0.1) is 0 Å². The zero-order chi connectivity index (χ0) is 14.9. The summed E-state index contributed by atoms with van der Waals surface area (Å²) < 4.78 is 37.5. The van der Waals surface area contributed by atoms with Crippen LogP contribution in [0.3, 0.4) is 0 Å². The molecular weight excluding hydrogens is 297 g/mol. The van der Waals surface area contributed by atoms with E-state index in [9.17, 15) is 13.2 Å². The third-order valence-electron chi connectivity index (χ3n) is 3.37. The van der Waals surface area contributed by atoms with Gasteiger partial charge in [0.25, 0.3) is 0 Å². The van der Waals surface area contributed by atoms with Gasteiger partial charge in [0.05, 0.1) is 17.9 Å². The minimum absolute atomic E-state index is 0.0958. The Hall–Kier alpha value is -1.69. The number of hydrogen-bond donors (Lipinski definition) is 1. The molecule has 0 bridgehead atoms. The molecule has 1 unspecified atom stereocenters. The van der Waals surface area contributed by atoms with Crippen LogP contribution in [0.4, 0.5) is 18.9 Å². The van der Waals surface area contributed by atoms with Crippen molar-refractivity contribution in [3.63, 3.8) is 0 Å². The van der Waals surface area contributed by atoms with Gasteiger partial charge < -0.3 is 5.32 Å². The zero-order valence-electron chi connectivity index (χ0n) is 11.0. The normalized spacial score (nSPS) is 18.1. The van der Waals surface area contributed by atoms with Crippen LogP contribution in [0.25, 0.3) is 0 Å². The number of hydrogen-bond acceptors (Lipinski definition) is 3. The number of thioether (sulfide) groups is 1. The zero-order valence-corrected chi connectivity index (χ0v) is 11.8. The summed E-state index contributed by atoms with van der Waals surface area (Å²) in [6.45, 7) is 0. The van der Waals surface area contributed by atoms with Crippen LogP contribution < -0.4 is 5.32 Å². The predicted octanol–water partition coefficient (Wildman–Crippen LogP) is 4.50. The molecule has 1 aliphatic heterocycles. The van der Waals surface area contributed by atoms with E-state index < -0.39 is 11.9 Å². The summed E-state index contributed by atoms with van der Waals surface area (Å²) >= 11 is 1.81. The van der Waals surface area contributed by atoms with Crippen LogP contribution in [-0.4, -0.2) is 10.7 Å². The minimum atomic E-state index is -4.40. The van der Waals surface area contributed by atoms with Gasteiger partial charge in [-0.3, -0.25) is 0 Å². The second-order valence-electron chi connectivity index (χ2n) is 4.84. The lowest BCUT2D eigenvalue weighted by Gasteiger charge is -2.26. The number of rotatable bonds is 2. The average molecular weight is 310 g/mol. The summed E-state index contributed by atoms with van der Waals surface area (Å²) in [6, 6.07) is 10.7. The van der Waals surface area contributed by atoms with Crippen molar-refractivity contribution >= 4 is 17.4 Å². The molecule has 1 aliphatic rings. The van der Waals surface area contributed by atoms with Crippen LogP contribution in [0.1, 0.15) is 22.9 Å². The lowest BCUT2D eigenvalue weighted by Crippen LogP contribution is -2.19. The molecule has 3 rings (SSSR count). The number of benzene rings is 1. The third kappa shape index (κ3) is 3.15. The summed E-state index contributed by atoms with van der Waals surface area (Å²) in [4.78, 5) is 3.48. The van der Waals surface area contributed by atoms with Crippen LogP contribution in [0.15, 0.2) is 42.6 Å². The van der Waals surface area contributed by atoms with Crippen molar-refractivity contribution in [1.29, 1.82) is 0 Å². The van der Waals surface area contributed by atoms with E-state index in [0.29, 0.717) is 5.69 Å². The number of halogens is 3. The number of anilines is 1. The summed E-state index contributed by atoms with van der Waals surface area (Å²) in [5, 5.41) is 3.27. The van der Waals surface area contributed by atoms with Gasteiger partial charge in [0, 0.05) is 11.5 Å². The molecule has 2 nitrogen and oxygen atoms in total. The van der Waals surface area contributed by atoms with E-state index in [1.54, 1.807) is 0 Å². The van der Waals surface area contributed by atoms with Crippen LogP contribution >= 0.6 is 11.8 Å². The molecule has 0 amide bonds. The van der Waals surface area contributed by atoms with E-state index >= 15 is 0 Å². The van der Waals surface area contributed by atoms with Crippen molar-refractivity contribution < 1.29 is 13.2 Å². The smallest absolute Gasteiger partial charge is 0.376 e. The van der Waals surface area contributed by atoms with Crippen molar-refractivity contribution in [2.75, 3.05) is 11.1 Å². The molecule has 1 aromatic heterocycles. The largest absolute Gasteiger partial charge is 0.433 e. The van der Waals surface area contributed by atoms with Crippen molar-refractivity contribution in [3.05, 3.63) is 59.4 Å². The molecule has 0 aliphatic carbocycles. The summed E-state index contributed by atoms with van der Waals surface area (Å²) in [5.41, 5.74) is 2.21. The fourth-order valence-electron chi connectivity index (χ4n) is 2.35. The first-order valence-electron chi connectivity index (χ1n) is 6.49. The number of pyridine rings is 1. The average Bonchev–Trinajstić information content (AvgIpc) is 2.47. The molecule has 2 heterocycles. The fourth-order valence-corrected chi connectivity index (χ4v) is 3.45. The standard InChI is InChI=1S/C15H13F3N2S/c16-15(17,18)14-6-5-11(7-19-14)20-13-9-21-8-10-3-1-2-4-12(10)13/h1-7,13,20H,8-9H2. The van der Waals surface area contributed by atoms with Gasteiger partial charge in [0.2, 0.25) is 0 Å². The molecule has 21 heavy (non-hydrogen) atoms. The minimum Gasteiger partial charge on any atom is -0.376 e. The van der Waals surface area contributed by atoms with Crippen LogP contribution in [-0.2, 0) is 11.9 Å². The lowest BCUT2D eigenvalue weighted by molar-refractivity contribution is -0.141. The van der Waals surface area contributed by atoms with Crippen molar-refractivity contribution in [3.8, 4) is 0 Å². The van der Waals surface area contributed by atoms with Gasteiger partial charge in [-0.05, 0) is 23.3 Å². The Morgan fingerprint density at radius 3 is 2.67 bits per heavy atom. The Balaban J connectivity index is 1.79. The maximum Gasteiger partial charge on any atom is 0.433 e. The van der Waals surface area contributed by atoms with Gasteiger partial charge in [-0.25, -0.2) is 4.98 Å². The molecule has 110 valence electrons. The third-order valence-corrected chi connectivity index (χ3v) is 4.45. The maximum atomic E-state index is 12.5. The Labute approximate surface area is 124 Å². The Morgan fingerprint density at radius 1 is 1.14 bits per heavy atom. The highest BCUT2D eigenvalue weighted by Crippen LogP contribution is 2.34. The van der Waals surface area contributed by atoms with E-state index in [2.05, 4.69) is 22.4 Å². The number of alkyl halides is 3. The maximum absolute atomic E-state index is 12.5. The fraction of sp³-hybridized carbons (Fsp3) is 0.267.